The summed E-state index contributed by atoms with van der Waals surface area (Å²) in [5.74, 6) is 0.547. The van der Waals surface area contributed by atoms with E-state index in [2.05, 4.69) is 29.6 Å². The fourth-order valence-electron chi connectivity index (χ4n) is 4.24. The lowest BCUT2D eigenvalue weighted by Crippen LogP contribution is -3.12. The Morgan fingerprint density at radius 1 is 1.14 bits per heavy atom. The Hall–Kier alpha value is -2.60. The summed E-state index contributed by atoms with van der Waals surface area (Å²) in [6, 6.07) is 14.4. The maximum atomic E-state index is 12.7. The highest BCUT2D eigenvalue weighted by Gasteiger charge is 2.36. The number of likely N-dealkylation sites (tertiary alicyclic amines) is 2. The Kier molecular flexibility index (Phi) is 5.76. The molecule has 0 bridgehead atoms. The average Bonchev–Trinajstić information content (AvgIpc) is 3.35. The number of nitrogens with one attached hydrogen (secondary N) is 2. The number of benzene rings is 1. The molecule has 0 aliphatic carbocycles. The molecule has 2 aliphatic heterocycles. The van der Waals surface area contributed by atoms with E-state index in [-0.39, 0.29) is 23.8 Å². The topological polar surface area (TPSA) is 67.0 Å². The van der Waals surface area contributed by atoms with Crippen LogP contribution in [0.25, 0.3) is 0 Å². The van der Waals surface area contributed by atoms with Crippen LogP contribution >= 0.6 is 0 Å². The predicted molar refractivity (Wildman–Crippen MR) is 104 cm³/mol. The fourth-order valence-corrected chi connectivity index (χ4v) is 4.24. The van der Waals surface area contributed by atoms with E-state index in [1.165, 1.54) is 5.56 Å². The van der Waals surface area contributed by atoms with E-state index >= 15 is 0 Å². The molecule has 1 atom stereocenters. The molecule has 0 spiro atoms. The van der Waals surface area contributed by atoms with Crippen molar-refractivity contribution in [2.45, 2.75) is 38.4 Å². The first-order valence-electron chi connectivity index (χ1n) is 10.2. The molecule has 6 nitrogen and oxygen atoms in total. The van der Waals surface area contributed by atoms with Crippen molar-refractivity contribution in [1.29, 1.82) is 0 Å². The zero-order valence-corrected chi connectivity index (χ0v) is 16.1. The van der Waals surface area contributed by atoms with Crippen molar-refractivity contribution in [2.24, 2.45) is 5.92 Å². The number of carbonyl (C=O) groups excluding carboxylic acids is 2. The van der Waals surface area contributed by atoms with Crippen LogP contribution in [0.4, 0.5) is 0 Å². The second kappa shape index (κ2) is 8.61. The van der Waals surface area contributed by atoms with E-state index < -0.39 is 0 Å². The molecule has 3 heterocycles. The molecule has 2 saturated heterocycles. The van der Waals surface area contributed by atoms with Gasteiger partial charge in [0, 0.05) is 37.4 Å². The smallest absolute Gasteiger partial charge is 0.225 e. The molecule has 1 aromatic heterocycles. The first-order chi connectivity index (χ1) is 13.7. The molecule has 2 aliphatic rings. The third-order valence-corrected chi connectivity index (χ3v) is 5.85. The summed E-state index contributed by atoms with van der Waals surface area (Å²) in [5, 5.41) is 3.19. The molecule has 148 valence electrons. The minimum Gasteiger partial charge on any atom is -0.467 e. The van der Waals surface area contributed by atoms with Crippen LogP contribution in [-0.2, 0) is 22.7 Å². The lowest BCUT2D eigenvalue weighted by molar-refractivity contribution is -0.918. The Morgan fingerprint density at radius 2 is 1.93 bits per heavy atom. The second-order valence-electron chi connectivity index (χ2n) is 7.95. The van der Waals surface area contributed by atoms with Gasteiger partial charge in [0.25, 0.3) is 0 Å². The fraction of sp³-hybridized carbons (Fsp3) is 0.455. The number of piperidine rings is 1. The zero-order valence-electron chi connectivity index (χ0n) is 16.1. The number of rotatable bonds is 6. The maximum Gasteiger partial charge on any atom is 0.225 e. The number of amides is 2. The van der Waals surface area contributed by atoms with E-state index in [0.29, 0.717) is 19.5 Å². The van der Waals surface area contributed by atoms with Crippen molar-refractivity contribution < 1.29 is 18.9 Å². The monoisotopic (exact) mass is 382 g/mol. The van der Waals surface area contributed by atoms with Gasteiger partial charge in [0.15, 0.2) is 0 Å². The van der Waals surface area contributed by atoms with Crippen molar-refractivity contribution in [3.63, 3.8) is 0 Å². The van der Waals surface area contributed by atoms with Gasteiger partial charge in [-0.05, 0) is 12.1 Å². The maximum absolute atomic E-state index is 12.7. The highest BCUT2D eigenvalue weighted by atomic mass is 16.3. The van der Waals surface area contributed by atoms with Gasteiger partial charge < -0.3 is 19.5 Å². The summed E-state index contributed by atoms with van der Waals surface area (Å²) in [4.78, 5) is 28.2. The summed E-state index contributed by atoms with van der Waals surface area (Å²) in [6.07, 6.45) is 3.88. The summed E-state index contributed by atoms with van der Waals surface area (Å²) >= 11 is 0. The standard InChI is InChI=1S/C22H27N3O3/c26-21-13-18(15-25(21)16-20-7-4-12-28-20)22(27)23-19-8-10-24(11-9-19)14-17-5-2-1-3-6-17/h1-7,12,18-19H,8-11,13-16H2,(H,23,27)/p+1/t18-/m0/s1. The first kappa shape index (κ1) is 18.7. The largest absolute Gasteiger partial charge is 0.467 e. The molecule has 4 rings (SSSR count). The number of quaternary nitrogens is 1. The molecule has 2 N–H and O–H groups in total. The van der Waals surface area contributed by atoms with E-state index in [1.807, 2.05) is 18.2 Å². The van der Waals surface area contributed by atoms with E-state index in [0.717, 1.165) is 38.2 Å². The average molecular weight is 382 g/mol. The third-order valence-electron chi connectivity index (χ3n) is 5.85. The van der Waals surface area contributed by atoms with Gasteiger partial charge in [-0.3, -0.25) is 9.59 Å². The van der Waals surface area contributed by atoms with Gasteiger partial charge >= 0.3 is 0 Å². The minimum atomic E-state index is -0.253. The van der Waals surface area contributed by atoms with Crippen LogP contribution in [0.5, 0.6) is 0 Å². The van der Waals surface area contributed by atoms with Crippen LogP contribution in [0.1, 0.15) is 30.6 Å². The van der Waals surface area contributed by atoms with Gasteiger partial charge in [-0.25, -0.2) is 0 Å². The molecule has 6 heteroatoms. The number of furan rings is 1. The summed E-state index contributed by atoms with van der Waals surface area (Å²) in [6.45, 7) is 4.09. The van der Waals surface area contributed by atoms with Gasteiger partial charge in [0.2, 0.25) is 11.8 Å². The Labute approximate surface area is 165 Å². The van der Waals surface area contributed by atoms with Gasteiger partial charge in [0.05, 0.1) is 31.8 Å². The molecule has 2 amide bonds. The van der Waals surface area contributed by atoms with Gasteiger partial charge in [0.1, 0.15) is 12.3 Å². The molecular weight excluding hydrogens is 354 g/mol. The van der Waals surface area contributed by atoms with E-state index in [9.17, 15) is 9.59 Å². The molecule has 0 radical (unpaired) electrons. The minimum absolute atomic E-state index is 0.0202. The summed E-state index contributed by atoms with van der Waals surface area (Å²) < 4.78 is 5.32. The van der Waals surface area contributed by atoms with Crippen molar-refractivity contribution in [3.05, 3.63) is 60.1 Å². The number of carbonyl (C=O) groups is 2. The van der Waals surface area contributed by atoms with Crippen molar-refractivity contribution in [3.8, 4) is 0 Å². The molecule has 28 heavy (non-hydrogen) atoms. The quantitative estimate of drug-likeness (QED) is 0.783. The van der Waals surface area contributed by atoms with E-state index in [1.54, 1.807) is 16.1 Å². The van der Waals surface area contributed by atoms with Crippen LogP contribution in [0.15, 0.2) is 53.1 Å². The van der Waals surface area contributed by atoms with Crippen molar-refractivity contribution >= 4 is 11.8 Å². The van der Waals surface area contributed by atoms with Crippen LogP contribution in [0.3, 0.4) is 0 Å². The highest BCUT2D eigenvalue weighted by Crippen LogP contribution is 2.21. The lowest BCUT2D eigenvalue weighted by atomic mass is 10.0. The van der Waals surface area contributed by atoms with Crippen LogP contribution < -0.4 is 10.2 Å². The van der Waals surface area contributed by atoms with Crippen LogP contribution in [0, 0.1) is 5.92 Å². The number of hydrogen-bond acceptors (Lipinski definition) is 3. The van der Waals surface area contributed by atoms with Crippen molar-refractivity contribution in [2.75, 3.05) is 19.6 Å². The predicted octanol–water partition coefficient (Wildman–Crippen LogP) is 0.992. The second-order valence-corrected chi connectivity index (χ2v) is 7.95. The first-order valence-corrected chi connectivity index (χ1v) is 10.2. The molecular formula is C22H28N3O3+. The molecule has 1 aromatic carbocycles. The number of nitrogens with zero attached hydrogens (tertiary/aromatic N) is 1. The lowest BCUT2D eigenvalue weighted by Gasteiger charge is -2.30. The normalized spacial score (nSPS) is 25.1. The highest BCUT2D eigenvalue weighted by molar-refractivity contribution is 5.89. The van der Waals surface area contributed by atoms with E-state index in [4.69, 9.17) is 4.42 Å². The number of hydrogen-bond donors (Lipinski definition) is 2. The Morgan fingerprint density at radius 3 is 2.64 bits per heavy atom. The van der Waals surface area contributed by atoms with Crippen LogP contribution in [-0.4, -0.2) is 42.4 Å². The summed E-state index contributed by atoms with van der Waals surface area (Å²) in [5.41, 5.74) is 1.36. The zero-order chi connectivity index (χ0) is 19.3. The van der Waals surface area contributed by atoms with Gasteiger partial charge in [-0.2, -0.15) is 0 Å². The molecule has 0 unspecified atom stereocenters. The Balaban J connectivity index is 1.22. The van der Waals surface area contributed by atoms with Crippen molar-refractivity contribution in [1.82, 2.24) is 10.2 Å². The Bertz CT molecular complexity index is 783. The molecule has 2 fully saturated rings. The SMILES string of the molecule is O=C(NC1CC[NH+](Cc2ccccc2)CC1)[C@H]1CC(=O)N(Cc2ccco2)C1. The van der Waals surface area contributed by atoms with Gasteiger partial charge in [-0.1, -0.05) is 30.3 Å². The van der Waals surface area contributed by atoms with Gasteiger partial charge in [-0.15, -0.1) is 0 Å². The summed E-state index contributed by atoms with van der Waals surface area (Å²) in [7, 11) is 0. The van der Waals surface area contributed by atoms with Crippen LogP contribution in [0.2, 0.25) is 0 Å². The molecule has 2 aromatic rings. The molecule has 0 saturated carbocycles. The third kappa shape index (κ3) is 4.62.